The Morgan fingerprint density at radius 3 is 2.56 bits per heavy atom. The van der Waals surface area contributed by atoms with Gasteiger partial charge in [0.05, 0.1) is 4.92 Å². The van der Waals surface area contributed by atoms with Crippen LogP contribution in [0.15, 0.2) is 65.1 Å². The maximum atomic E-state index is 12.5. The molecule has 1 heterocycles. The number of hydrogen-bond acceptors (Lipinski definition) is 6. The zero-order valence-corrected chi connectivity index (χ0v) is 18.0. The minimum atomic E-state index is -0.534. The molecule has 2 N–H and O–H groups in total. The van der Waals surface area contributed by atoms with Crippen LogP contribution in [0.4, 0.5) is 11.4 Å². The first-order chi connectivity index (χ1) is 15.3. The van der Waals surface area contributed by atoms with Gasteiger partial charge in [0.15, 0.2) is 10.7 Å². The summed E-state index contributed by atoms with van der Waals surface area (Å²) in [5, 5.41) is 16.6. The lowest BCUT2D eigenvalue weighted by molar-refractivity contribution is -0.385. The van der Waals surface area contributed by atoms with Gasteiger partial charge >= 0.3 is 0 Å². The smallest absolute Gasteiger partial charge is 0.273 e. The average molecular weight is 446 g/mol. The summed E-state index contributed by atoms with van der Waals surface area (Å²) in [5.74, 6) is -0.0259. The van der Waals surface area contributed by atoms with Crippen LogP contribution in [0.25, 0.3) is 22.6 Å². The summed E-state index contributed by atoms with van der Waals surface area (Å²) in [4.78, 5) is 27.6. The molecule has 1 aromatic heterocycles. The molecule has 0 saturated heterocycles. The Hall–Kier alpha value is -4.11. The summed E-state index contributed by atoms with van der Waals surface area (Å²) in [5.41, 5.74) is 4.20. The molecular formula is C23H18N4O4S. The summed E-state index contributed by atoms with van der Waals surface area (Å²) < 4.78 is 5.82. The van der Waals surface area contributed by atoms with Crippen molar-refractivity contribution in [1.29, 1.82) is 0 Å². The van der Waals surface area contributed by atoms with Crippen LogP contribution in [0.3, 0.4) is 0 Å². The fraction of sp³-hybridized carbons (Fsp3) is 0.0870. The summed E-state index contributed by atoms with van der Waals surface area (Å²) in [6, 6.07) is 17.5. The van der Waals surface area contributed by atoms with Crippen molar-refractivity contribution in [3.05, 3.63) is 87.5 Å². The number of benzene rings is 3. The lowest BCUT2D eigenvalue weighted by atomic mass is 10.1. The third-order valence-corrected chi connectivity index (χ3v) is 5.12. The molecule has 160 valence electrons. The van der Waals surface area contributed by atoms with Gasteiger partial charge in [-0.15, -0.1) is 0 Å². The third-order valence-electron chi connectivity index (χ3n) is 4.92. The molecule has 0 unspecified atom stereocenters. The molecule has 1 amide bonds. The summed E-state index contributed by atoms with van der Waals surface area (Å²) in [6.45, 7) is 3.53. The number of aryl methyl sites for hydroxylation is 1. The van der Waals surface area contributed by atoms with Gasteiger partial charge < -0.3 is 9.73 Å². The van der Waals surface area contributed by atoms with E-state index in [0.717, 1.165) is 11.1 Å². The molecule has 0 saturated carbocycles. The van der Waals surface area contributed by atoms with Crippen LogP contribution in [-0.2, 0) is 0 Å². The summed E-state index contributed by atoms with van der Waals surface area (Å²) in [6.07, 6.45) is 0. The van der Waals surface area contributed by atoms with E-state index in [1.54, 1.807) is 18.2 Å². The minimum absolute atomic E-state index is 0.0579. The fourth-order valence-electron chi connectivity index (χ4n) is 3.22. The van der Waals surface area contributed by atoms with E-state index in [9.17, 15) is 14.9 Å². The number of nitrogens with one attached hydrogen (secondary N) is 2. The van der Waals surface area contributed by atoms with E-state index in [1.807, 2.05) is 31.2 Å². The highest BCUT2D eigenvalue weighted by atomic mass is 32.1. The standard InChI is InChI=1S/C23H18N4O4S/c1-13-6-8-15(9-7-13)22-25-18-12-16(10-11-20(18)31-22)24-23(32)26-21(28)17-4-3-5-19(14(17)2)27(29)30/h3-12H,1-2H3,(H2,24,26,28,32). The second kappa shape index (κ2) is 8.56. The highest BCUT2D eigenvalue weighted by Crippen LogP contribution is 2.26. The van der Waals surface area contributed by atoms with Crippen molar-refractivity contribution < 1.29 is 14.1 Å². The number of rotatable bonds is 4. The van der Waals surface area contributed by atoms with Gasteiger partial charge in [0.25, 0.3) is 11.6 Å². The molecule has 0 aliphatic carbocycles. The van der Waals surface area contributed by atoms with Gasteiger partial charge in [-0.05, 0) is 62.5 Å². The van der Waals surface area contributed by atoms with Crippen LogP contribution in [-0.4, -0.2) is 20.9 Å². The van der Waals surface area contributed by atoms with E-state index in [2.05, 4.69) is 15.6 Å². The number of thiocarbonyl (C=S) groups is 1. The molecule has 0 bridgehead atoms. The first-order valence-electron chi connectivity index (χ1n) is 9.66. The van der Waals surface area contributed by atoms with Gasteiger partial charge in [0, 0.05) is 28.4 Å². The Morgan fingerprint density at radius 2 is 1.84 bits per heavy atom. The zero-order chi connectivity index (χ0) is 22.8. The molecule has 4 aromatic rings. The number of amides is 1. The average Bonchev–Trinajstić information content (AvgIpc) is 3.17. The second-order valence-corrected chi connectivity index (χ2v) is 7.59. The number of hydrogen-bond donors (Lipinski definition) is 2. The highest BCUT2D eigenvalue weighted by molar-refractivity contribution is 7.80. The van der Waals surface area contributed by atoms with Crippen LogP contribution in [0.2, 0.25) is 0 Å². The van der Waals surface area contributed by atoms with Crippen molar-refractivity contribution in [3.8, 4) is 11.5 Å². The number of oxazole rings is 1. The molecule has 0 fully saturated rings. The van der Waals surface area contributed by atoms with E-state index in [0.29, 0.717) is 22.7 Å². The van der Waals surface area contributed by atoms with E-state index >= 15 is 0 Å². The molecule has 0 radical (unpaired) electrons. The Balaban J connectivity index is 1.49. The molecule has 9 heteroatoms. The number of nitrogens with zero attached hydrogens (tertiary/aromatic N) is 2. The molecule has 4 rings (SSSR count). The number of aromatic nitrogens is 1. The van der Waals surface area contributed by atoms with Gasteiger partial charge in [-0.2, -0.15) is 0 Å². The predicted molar refractivity (Wildman–Crippen MR) is 126 cm³/mol. The maximum Gasteiger partial charge on any atom is 0.273 e. The van der Waals surface area contributed by atoms with Crippen molar-refractivity contribution in [1.82, 2.24) is 10.3 Å². The highest BCUT2D eigenvalue weighted by Gasteiger charge is 2.18. The molecule has 32 heavy (non-hydrogen) atoms. The molecular weight excluding hydrogens is 428 g/mol. The zero-order valence-electron chi connectivity index (χ0n) is 17.2. The predicted octanol–water partition coefficient (Wildman–Crippen LogP) is 5.15. The maximum absolute atomic E-state index is 12.5. The number of nitro groups is 1. The summed E-state index contributed by atoms with van der Waals surface area (Å²) >= 11 is 5.24. The van der Waals surface area contributed by atoms with Crippen LogP contribution >= 0.6 is 12.2 Å². The van der Waals surface area contributed by atoms with Gasteiger partial charge in [-0.3, -0.25) is 20.2 Å². The molecule has 0 aliphatic heterocycles. The van der Waals surface area contributed by atoms with Gasteiger partial charge in [0.1, 0.15) is 5.52 Å². The van der Waals surface area contributed by atoms with Crippen molar-refractivity contribution in [2.75, 3.05) is 5.32 Å². The largest absolute Gasteiger partial charge is 0.436 e. The topological polar surface area (TPSA) is 110 Å². The molecule has 8 nitrogen and oxygen atoms in total. The quantitative estimate of drug-likeness (QED) is 0.253. The first-order valence-corrected chi connectivity index (χ1v) is 10.1. The normalized spacial score (nSPS) is 10.7. The molecule has 0 spiro atoms. The Bertz CT molecular complexity index is 1360. The lowest BCUT2D eigenvalue weighted by Crippen LogP contribution is -2.34. The van der Waals surface area contributed by atoms with Crippen LogP contribution in [0.1, 0.15) is 21.5 Å². The number of carbonyl (C=O) groups is 1. The van der Waals surface area contributed by atoms with Crippen LogP contribution in [0.5, 0.6) is 0 Å². The Morgan fingerprint density at radius 1 is 1.09 bits per heavy atom. The number of anilines is 1. The van der Waals surface area contributed by atoms with Crippen LogP contribution in [0, 0.1) is 24.0 Å². The van der Waals surface area contributed by atoms with Crippen LogP contribution < -0.4 is 10.6 Å². The fourth-order valence-corrected chi connectivity index (χ4v) is 3.44. The van der Waals surface area contributed by atoms with Gasteiger partial charge in [-0.25, -0.2) is 4.98 Å². The van der Waals surface area contributed by atoms with Crippen molar-refractivity contribution in [2.24, 2.45) is 0 Å². The van der Waals surface area contributed by atoms with E-state index in [4.69, 9.17) is 16.6 Å². The minimum Gasteiger partial charge on any atom is -0.436 e. The monoisotopic (exact) mass is 446 g/mol. The Kier molecular flexibility index (Phi) is 5.65. The van der Waals surface area contributed by atoms with Gasteiger partial charge in [0.2, 0.25) is 5.89 Å². The lowest BCUT2D eigenvalue weighted by Gasteiger charge is -2.11. The molecule has 0 aliphatic rings. The Labute approximate surface area is 188 Å². The van der Waals surface area contributed by atoms with E-state index in [1.165, 1.54) is 25.1 Å². The van der Waals surface area contributed by atoms with Crippen molar-refractivity contribution >= 4 is 45.7 Å². The third kappa shape index (κ3) is 4.33. The second-order valence-electron chi connectivity index (χ2n) is 7.18. The van der Waals surface area contributed by atoms with Crippen molar-refractivity contribution in [2.45, 2.75) is 13.8 Å². The number of fused-ring (bicyclic) bond motifs is 1. The van der Waals surface area contributed by atoms with E-state index < -0.39 is 10.8 Å². The van der Waals surface area contributed by atoms with E-state index in [-0.39, 0.29) is 21.9 Å². The number of nitro benzene ring substituents is 1. The van der Waals surface area contributed by atoms with Crippen molar-refractivity contribution in [3.63, 3.8) is 0 Å². The summed E-state index contributed by atoms with van der Waals surface area (Å²) in [7, 11) is 0. The first kappa shape index (κ1) is 21.1. The van der Waals surface area contributed by atoms with Gasteiger partial charge in [-0.1, -0.05) is 23.8 Å². The molecule has 3 aromatic carbocycles. The number of carbonyl (C=O) groups excluding carboxylic acids is 1. The molecule has 0 atom stereocenters. The SMILES string of the molecule is Cc1ccc(-c2nc3cc(NC(=S)NC(=O)c4cccc([N+](=O)[O-])c4C)ccc3o2)cc1.